The van der Waals surface area contributed by atoms with Gasteiger partial charge in [-0.3, -0.25) is 9.59 Å². The van der Waals surface area contributed by atoms with Crippen molar-refractivity contribution in [1.29, 1.82) is 0 Å². The van der Waals surface area contributed by atoms with E-state index in [9.17, 15) is 9.59 Å². The van der Waals surface area contributed by atoms with E-state index < -0.39 is 0 Å². The summed E-state index contributed by atoms with van der Waals surface area (Å²) >= 11 is 0. The van der Waals surface area contributed by atoms with Gasteiger partial charge in [-0.2, -0.15) is 0 Å². The zero-order valence-electron chi connectivity index (χ0n) is 21.7. The SMILES string of the molecule is CCc1ccc(NC(=O)C2CCC(C3CCCc4c(C)cccc4CCCC3=O)CC2)cc1OC. The number of benzene rings is 2. The van der Waals surface area contributed by atoms with Crippen LogP contribution in [0.3, 0.4) is 0 Å². The van der Waals surface area contributed by atoms with Crippen LogP contribution in [0, 0.1) is 24.7 Å². The van der Waals surface area contributed by atoms with Crippen molar-refractivity contribution in [1.82, 2.24) is 0 Å². The molecular formula is C31H41NO3. The number of ether oxygens (including phenoxy) is 1. The number of hydrogen-bond donors (Lipinski definition) is 1. The lowest BCUT2D eigenvalue weighted by molar-refractivity contribution is -0.126. The van der Waals surface area contributed by atoms with E-state index in [1.54, 1.807) is 7.11 Å². The van der Waals surface area contributed by atoms with Crippen LogP contribution in [0.2, 0.25) is 0 Å². The number of methoxy groups -OCH3 is 1. The zero-order chi connectivity index (χ0) is 24.8. The van der Waals surface area contributed by atoms with Gasteiger partial charge in [-0.05, 0) is 105 Å². The minimum absolute atomic E-state index is 0.0206. The number of amides is 1. The van der Waals surface area contributed by atoms with Gasteiger partial charge in [-0.25, -0.2) is 0 Å². The molecule has 2 aliphatic carbocycles. The Kier molecular flexibility index (Phi) is 8.64. The first kappa shape index (κ1) is 25.5. The fraction of sp³-hybridized carbons (Fsp3) is 0.548. The Morgan fingerprint density at radius 3 is 2.54 bits per heavy atom. The van der Waals surface area contributed by atoms with Crippen LogP contribution in [0.25, 0.3) is 0 Å². The van der Waals surface area contributed by atoms with Gasteiger partial charge in [0, 0.05) is 30.0 Å². The summed E-state index contributed by atoms with van der Waals surface area (Å²) in [6.45, 7) is 4.31. The normalized spacial score (nSPS) is 23.3. The summed E-state index contributed by atoms with van der Waals surface area (Å²) in [5.74, 6) is 1.98. The van der Waals surface area contributed by atoms with Crippen LogP contribution in [0.5, 0.6) is 5.75 Å². The summed E-state index contributed by atoms with van der Waals surface area (Å²) in [5.41, 5.74) is 6.26. The number of aryl methyl sites for hydroxylation is 3. The number of carbonyl (C=O) groups excluding carboxylic acids is 2. The summed E-state index contributed by atoms with van der Waals surface area (Å²) < 4.78 is 5.47. The van der Waals surface area contributed by atoms with Crippen LogP contribution in [0.15, 0.2) is 36.4 Å². The second kappa shape index (κ2) is 11.9. The van der Waals surface area contributed by atoms with E-state index in [1.165, 1.54) is 16.7 Å². The minimum Gasteiger partial charge on any atom is -0.496 e. The summed E-state index contributed by atoms with van der Waals surface area (Å²) in [6.07, 6.45) is 10.4. The lowest BCUT2D eigenvalue weighted by Crippen LogP contribution is -2.32. The van der Waals surface area contributed by atoms with Gasteiger partial charge in [0.2, 0.25) is 5.91 Å². The fourth-order valence-corrected chi connectivity index (χ4v) is 6.29. The van der Waals surface area contributed by atoms with E-state index in [2.05, 4.69) is 37.4 Å². The van der Waals surface area contributed by atoms with Gasteiger partial charge in [0.1, 0.15) is 11.5 Å². The van der Waals surface area contributed by atoms with Gasteiger partial charge in [-0.15, -0.1) is 0 Å². The Labute approximate surface area is 210 Å². The largest absolute Gasteiger partial charge is 0.496 e. The molecule has 0 bridgehead atoms. The highest BCUT2D eigenvalue weighted by Gasteiger charge is 2.34. The van der Waals surface area contributed by atoms with Gasteiger partial charge in [0.25, 0.3) is 0 Å². The molecule has 1 unspecified atom stereocenters. The molecule has 0 aliphatic heterocycles. The van der Waals surface area contributed by atoms with E-state index in [0.717, 1.165) is 81.2 Å². The number of carbonyl (C=O) groups is 2. The predicted octanol–water partition coefficient (Wildman–Crippen LogP) is 6.86. The zero-order valence-corrected chi connectivity index (χ0v) is 21.7. The van der Waals surface area contributed by atoms with Crippen molar-refractivity contribution in [3.63, 3.8) is 0 Å². The number of ketones is 1. The summed E-state index contributed by atoms with van der Waals surface area (Å²) in [7, 11) is 1.67. The number of hydrogen-bond acceptors (Lipinski definition) is 3. The molecule has 2 aromatic carbocycles. The molecule has 35 heavy (non-hydrogen) atoms. The number of fused-ring (bicyclic) bond motifs is 1. The van der Waals surface area contributed by atoms with E-state index in [4.69, 9.17) is 4.74 Å². The number of nitrogens with one attached hydrogen (secondary N) is 1. The van der Waals surface area contributed by atoms with E-state index in [0.29, 0.717) is 18.1 Å². The third kappa shape index (κ3) is 6.15. The first-order valence-electron chi connectivity index (χ1n) is 13.6. The lowest BCUT2D eigenvalue weighted by Gasteiger charge is -2.33. The highest BCUT2D eigenvalue weighted by molar-refractivity contribution is 5.92. The molecule has 1 atom stereocenters. The topological polar surface area (TPSA) is 55.4 Å². The Morgan fingerprint density at radius 1 is 1.00 bits per heavy atom. The molecule has 2 aromatic rings. The van der Waals surface area contributed by atoms with Crippen molar-refractivity contribution in [2.75, 3.05) is 12.4 Å². The Balaban J connectivity index is 1.34. The Bertz CT molecular complexity index is 1040. The quantitative estimate of drug-likeness (QED) is 0.514. The molecule has 0 heterocycles. The molecule has 1 N–H and O–H groups in total. The Morgan fingerprint density at radius 2 is 1.80 bits per heavy atom. The molecular weight excluding hydrogens is 434 g/mol. The van der Waals surface area contributed by atoms with Crippen molar-refractivity contribution in [3.05, 3.63) is 58.7 Å². The third-order valence-corrected chi connectivity index (χ3v) is 8.38. The molecule has 4 nitrogen and oxygen atoms in total. The maximum absolute atomic E-state index is 13.2. The van der Waals surface area contributed by atoms with Crippen molar-refractivity contribution in [3.8, 4) is 5.75 Å². The van der Waals surface area contributed by atoms with Crippen LogP contribution in [-0.4, -0.2) is 18.8 Å². The highest BCUT2D eigenvalue weighted by atomic mass is 16.5. The molecule has 0 saturated heterocycles. The monoisotopic (exact) mass is 475 g/mol. The maximum atomic E-state index is 13.2. The molecule has 1 fully saturated rings. The van der Waals surface area contributed by atoms with Crippen LogP contribution in [0.1, 0.15) is 80.5 Å². The van der Waals surface area contributed by atoms with Crippen LogP contribution in [-0.2, 0) is 28.9 Å². The second-order valence-corrected chi connectivity index (χ2v) is 10.5. The summed E-state index contributed by atoms with van der Waals surface area (Å²) in [6, 6.07) is 12.5. The van der Waals surface area contributed by atoms with Gasteiger partial charge in [-0.1, -0.05) is 31.2 Å². The van der Waals surface area contributed by atoms with Gasteiger partial charge in [0.15, 0.2) is 0 Å². The summed E-state index contributed by atoms with van der Waals surface area (Å²) in [4.78, 5) is 26.2. The molecule has 4 rings (SSSR count). The Hall–Kier alpha value is -2.62. The first-order chi connectivity index (χ1) is 17.0. The van der Waals surface area contributed by atoms with Crippen molar-refractivity contribution in [2.24, 2.45) is 17.8 Å². The standard InChI is InChI=1S/C31H41NO3/c1-4-22-18-19-26(20-30(22)35-3)32-31(34)25-16-14-24(15-17-25)28-12-7-11-27-21(2)8-5-9-23(27)10-6-13-29(28)33/h5,8-9,18-20,24-25,28H,4,6-7,10-17H2,1-3H3,(H,32,34). The molecule has 188 valence electrons. The molecule has 0 aromatic heterocycles. The lowest BCUT2D eigenvalue weighted by atomic mass is 9.71. The van der Waals surface area contributed by atoms with E-state index in [1.807, 2.05) is 18.2 Å². The average Bonchev–Trinajstić information content (AvgIpc) is 2.87. The molecule has 2 aliphatic rings. The minimum atomic E-state index is 0.0206. The van der Waals surface area contributed by atoms with Crippen LogP contribution in [0.4, 0.5) is 5.69 Å². The molecule has 1 amide bonds. The number of rotatable bonds is 5. The fourth-order valence-electron chi connectivity index (χ4n) is 6.29. The van der Waals surface area contributed by atoms with Gasteiger partial charge >= 0.3 is 0 Å². The molecule has 4 heteroatoms. The highest BCUT2D eigenvalue weighted by Crippen LogP contribution is 2.38. The van der Waals surface area contributed by atoms with E-state index >= 15 is 0 Å². The van der Waals surface area contributed by atoms with Crippen LogP contribution < -0.4 is 10.1 Å². The van der Waals surface area contributed by atoms with Gasteiger partial charge < -0.3 is 10.1 Å². The van der Waals surface area contributed by atoms with Crippen molar-refractivity contribution >= 4 is 17.4 Å². The maximum Gasteiger partial charge on any atom is 0.227 e. The number of anilines is 1. The molecule has 0 spiro atoms. The molecule has 1 saturated carbocycles. The molecule has 0 radical (unpaired) electrons. The third-order valence-electron chi connectivity index (χ3n) is 8.38. The van der Waals surface area contributed by atoms with Gasteiger partial charge in [0.05, 0.1) is 7.11 Å². The second-order valence-electron chi connectivity index (χ2n) is 10.5. The smallest absolute Gasteiger partial charge is 0.227 e. The van der Waals surface area contributed by atoms with Crippen LogP contribution >= 0.6 is 0 Å². The summed E-state index contributed by atoms with van der Waals surface area (Å²) in [5, 5.41) is 3.10. The van der Waals surface area contributed by atoms with Crippen molar-refractivity contribution < 1.29 is 14.3 Å². The average molecular weight is 476 g/mol. The van der Waals surface area contributed by atoms with E-state index in [-0.39, 0.29) is 17.7 Å². The predicted molar refractivity (Wildman–Crippen MR) is 142 cm³/mol. The number of Topliss-reactive ketones (excluding diaryl/α,β-unsaturated/α-hetero) is 1. The first-order valence-corrected chi connectivity index (χ1v) is 13.6. The van der Waals surface area contributed by atoms with Crippen molar-refractivity contribution in [2.45, 2.75) is 84.5 Å².